The van der Waals surface area contributed by atoms with Gasteiger partial charge in [0.2, 0.25) is 0 Å². The predicted molar refractivity (Wildman–Crippen MR) is 40.1 cm³/mol. The zero-order valence-corrected chi connectivity index (χ0v) is 10.0. The average molecular weight is 175 g/mol. The van der Waals surface area contributed by atoms with E-state index < -0.39 is 0 Å². The van der Waals surface area contributed by atoms with E-state index in [4.69, 9.17) is 0 Å². The van der Waals surface area contributed by atoms with Crippen LogP contribution in [0.4, 0.5) is 5.69 Å². The largest absolute Gasteiger partial charge is 1.00 e. The predicted octanol–water partition coefficient (Wildman–Crippen LogP) is -1.80. The molecule has 3 heteroatoms. The van der Waals surface area contributed by atoms with Crippen molar-refractivity contribution in [2.75, 3.05) is 11.9 Å². The molecule has 1 aromatic carbocycles. The summed E-state index contributed by atoms with van der Waals surface area (Å²) in [6.45, 7) is 2.85. The van der Waals surface area contributed by atoms with Gasteiger partial charge in [0.25, 0.3) is 0 Å². The molecule has 0 fully saturated rings. The summed E-state index contributed by atoms with van der Waals surface area (Å²) in [6.07, 6.45) is 0. The first-order valence-corrected chi connectivity index (χ1v) is 3.34. The standard InChI is InChI=1S/C8H11NO.K/c1-2-9-7-4-3-5-8(10)6-7;/h3-6,9-10H,2H2,1H3;/q;+1/p-1. The van der Waals surface area contributed by atoms with Crippen molar-refractivity contribution in [2.24, 2.45) is 0 Å². The van der Waals surface area contributed by atoms with Crippen molar-refractivity contribution in [1.29, 1.82) is 0 Å². The van der Waals surface area contributed by atoms with E-state index in [9.17, 15) is 5.11 Å². The molecule has 0 aliphatic carbocycles. The molecule has 0 aliphatic heterocycles. The number of hydrogen-bond acceptors (Lipinski definition) is 2. The second kappa shape index (κ2) is 6.03. The Hall–Kier alpha value is 0.456. The maximum Gasteiger partial charge on any atom is 1.00 e. The summed E-state index contributed by atoms with van der Waals surface area (Å²) in [4.78, 5) is 0. The third-order valence-corrected chi connectivity index (χ3v) is 1.21. The van der Waals surface area contributed by atoms with Crippen molar-refractivity contribution >= 4 is 5.69 Å². The molecule has 2 nitrogen and oxygen atoms in total. The van der Waals surface area contributed by atoms with Crippen LogP contribution in [-0.4, -0.2) is 6.54 Å². The van der Waals surface area contributed by atoms with E-state index in [-0.39, 0.29) is 57.1 Å². The van der Waals surface area contributed by atoms with Crippen LogP contribution in [-0.2, 0) is 0 Å². The van der Waals surface area contributed by atoms with Gasteiger partial charge in [0, 0.05) is 12.2 Å². The Morgan fingerprint density at radius 2 is 2.18 bits per heavy atom. The van der Waals surface area contributed by atoms with Crippen LogP contribution in [0.2, 0.25) is 0 Å². The average Bonchev–Trinajstić information content (AvgIpc) is 1.88. The van der Waals surface area contributed by atoms with Gasteiger partial charge in [-0.25, -0.2) is 0 Å². The fraction of sp³-hybridized carbons (Fsp3) is 0.250. The number of benzene rings is 1. The fourth-order valence-electron chi connectivity index (χ4n) is 0.810. The summed E-state index contributed by atoms with van der Waals surface area (Å²) in [5.74, 6) is 0.0541. The van der Waals surface area contributed by atoms with Crippen LogP contribution >= 0.6 is 0 Å². The van der Waals surface area contributed by atoms with E-state index in [1.165, 1.54) is 0 Å². The van der Waals surface area contributed by atoms with Gasteiger partial charge in [0.1, 0.15) is 0 Å². The minimum absolute atomic E-state index is 0. The van der Waals surface area contributed by atoms with Crippen LogP contribution in [0.15, 0.2) is 24.3 Å². The second-order valence-electron chi connectivity index (χ2n) is 2.06. The zero-order valence-electron chi connectivity index (χ0n) is 6.92. The van der Waals surface area contributed by atoms with E-state index in [1.54, 1.807) is 18.2 Å². The molecule has 54 valence electrons. The van der Waals surface area contributed by atoms with Crippen LogP contribution in [0.1, 0.15) is 6.92 Å². The first kappa shape index (κ1) is 11.5. The molecule has 0 radical (unpaired) electrons. The molecule has 0 spiro atoms. The Kier molecular flexibility index (Phi) is 6.28. The molecule has 0 amide bonds. The second-order valence-corrected chi connectivity index (χ2v) is 2.06. The van der Waals surface area contributed by atoms with E-state index in [2.05, 4.69) is 5.32 Å². The molecular weight excluding hydrogens is 165 g/mol. The smallest absolute Gasteiger partial charge is 0.872 e. The SMILES string of the molecule is CCNc1cccc([O-])c1.[K+]. The van der Waals surface area contributed by atoms with Gasteiger partial charge in [-0.2, -0.15) is 0 Å². The molecule has 0 aromatic heterocycles. The van der Waals surface area contributed by atoms with E-state index in [0.29, 0.717) is 0 Å². The van der Waals surface area contributed by atoms with Crippen molar-refractivity contribution in [3.63, 3.8) is 0 Å². The summed E-state index contributed by atoms with van der Waals surface area (Å²) < 4.78 is 0. The molecule has 0 aliphatic rings. The molecule has 1 aromatic rings. The van der Waals surface area contributed by atoms with Crippen LogP contribution in [0, 0.1) is 0 Å². The van der Waals surface area contributed by atoms with E-state index in [1.807, 2.05) is 13.0 Å². The van der Waals surface area contributed by atoms with Crippen LogP contribution in [0.25, 0.3) is 0 Å². The van der Waals surface area contributed by atoms with Crippen molar-refractivity contribution < 1.29 is 56.5 Å². The van der Waals surface area contributed by atoms with Crippen LogP contribution < -0.4 is 61.8 Å². The van der Waals surface area contributed by atoms with Crippen molar-refractivity contribution in [3.8, 4) is 5.75 Å². The molecule has 0 unspecified atom stereocenters. The topological polar surface area (TPSA) is 35.1 Å². The minimum Gasteiger partial charge on any atom is -0.872 e. The Morgan fingerprint density at radius 3 is 2.73 bits per heavy atom. The third kappa shape index (κ3) is 4.13. The van der Waals surface area contributed by atoms with Gasteiger partial charge in [-0.15, -0.1) is 5.75 Å². The summed E-state index contributed by atoms with van der Waals surface area (Å²) in [6, 6.07) is 6.76. The molecule has 1 N–H and O–H groups in total. The third-order valence-electron chi connectivity index (χ3n) is 1.21. The number of rotatable bonds is 2. The van der Waals surface area contributed by atoms with E-state index >= 15 is 0 Å². The number of nitrogens with one attached hydrogen (secondary N) is 1. The molecule has 0 heterocycles. The van der Waals surface area contributed by atoms with Gasteiger partial charge in [-0.3, -0.25) is 0 Å². The molecule has 0 saturated heterocycles. The maximum atomic E-state index is 10.7. The summed E-state index contributed by atoms with van der Waals surface area (Å²) in [5, 5.41) is 13.8. The zero-order chi connectivity index (χ0) is 7.40. The van der Waals surface area contributed by atoms with Crippen molar-refractivity contribution in [1.82, 2.24) is 0 Å². The monoisotopic (exact) mass is 175 g/mol. The van der Waals surface area contributed by atoms with E-state index in [0.717, 1.165) is 12.2 Å². The first-order valence-electron chi connectivity index (χ1n) is 3.34. The van der Waals surface area contributed by atoms with Gasteiger partial charge >= 0.3 is 51.4 Å². The van der Waals surface area contributed by atoms with Crippen LogP contribution in [0.5, 0.6) is 5.75 Å². The number of anilines is 1. The summed E-state index contributed by atoms with van der Waals surface area (Å²) in [7, 11) is 0. The maximum absolute atomic E-state index is 10.7. The van der Waals surface area contributed by atoms with Gasteiger partial charge in [0.05, 0.1) is 0 Å². The van der Waals surface area contributed by atoms with Crippen molar-refractivity contribution in [3.05, 3.63) is 24.3 Å². The minimum atomic E-state index is 0. The molecule has 0 bridgehead atoms. The molecule has 1 rings (SSSR count). The molecule has 11 heavy (non-hydrogen) atoms. The van der Waals surface area contributed by atoms with Gasteiger partial charge < -0.3 is 10.4 Å². The Labute approximate surface area is 109 Å². The van der Waals surface area contributed by atoms with Crippen molar-refractivity contribution in [2.45, 2.75) is 6.92 Å². The first-order chi connectivity index (χ1) is 4.83. The Bertz CT molecular complexity index is 215. The normalized spacial score (nSPS) is 8.45. The van der Waals surface area contributed by atoms with Crippen LogP contribution in [0.3, 0.4) is 0 Å². The quantitative estimate of drug-likeness (QED) is 0.538. The Morgan fingerprint density at radius 1 is 1.45 bits per heavy atom. The van der Waals surface area contributed by atoms with Gasteiger partial charge in [-0.05, 0) is 19.1 Å². The molecule has 0 atom stereocenters. The Balaban J connectivity index is 0.000001000. The summed E-state index contributed by atoms with van der Waals surface area (Å²) in [5.41, 5.74) is 0.898. The fourth-order valence-corrected chi connectivity index (χ4v) is 0.810. The van der Waals surface area contributed by atoms with Gasteiger partial charge in [0.15, 0.2) is 0 Å². The molecular formula is C8H10KNO. The number of hydrogen-bond donors (Lipinski definition) is 1. The molecule has 0 saturated carbocycles. The summed E-state index contributed by atoms with van der Waals surface area (Å²) >= 11 is 0. The van der Waals surface area contributed by atoms with Gasteiger partial charge in [-0.1, -0.05) is 12.1 Å².